The quantitative estimate of drug-likeness (QED) is 0.921. The van der Waals surface area contributed by atoms with Crippen LogP contribution in [0.4, 0.5) is 5.69 Å². The van der Waals surface area contributed by atoms with E-state index in [4.69, 9.17) is 0 Å². The Morgan fingerprint density at radius 1 is 1.05 bits per heavy atom. The molecule has 0 amide bonds. The van der Waals surface area contributed by atoms with Gasteiger partial charge in [0.2, 0.25) is 0 Å². The summed E-state index contributed by atoms with van der Waals surface area (Å²) in [5, 5.41) is 3.52. The minimum absolute atomic E-state index is 0.0465. The highest BCUT2D eigenvalue weighted by molar-refractivity contribution is 7.91. The van der Waals surface area contributed by atoms with Crippen LogP contribution in [0, 0.1) is 13.8 Å². The smallest absolute Gasteiger partial charge is 0.178 e. The van der Waals surface area contributed by atoms with Crippen molar-refractivity contribution in [2.24, 2.45) is 0 Å². The van der Waals surface area contributed by atoms with Crippen LogP contribution in [0.2, 0.25) is 0 Å². The normalized spacial score (nSPS) is 19.8. The van der Waals surface area contributed by atoms with Crippen LogP contribution in [0.5, 0.6) is 0 Å². The standard InChI is InChI=1S/C17H19NO2S/c1-12-6-5-8-15(13(12)2)18-16-10-11-21(19,20)17-9-4-3-7-14(16)17/h3-9,16,18H,10-11H2,1-2H3. The third-order valence-electron chi connectivity index (χ3n) is 4.24. The van der Waals surface area contributed by atoms with Crippen molar-refractivity contribution in [3.8, 4) is 0 Å². The van der Waals surface area contributed by atoms with Crippen LogP contribution < -0.4 is 5.32 Å². The van der Waals surface area contributed by atoms with Gasteiger partial charge in [0.15, 0.2) is 9.84 Å². The summed E-state index contributed by atoms with van der Waals surface area (Å²) in [5.74, 6) is 0.201. The van der Waals surface area contributed by atoms with Crippen molar-refractivity contribution < 1.29 is 8.42 Å². The van der Waals surface area contributed by atoms with E-state index in [9.17, 15) is 8.42 Å². The lowest BCUT2D eigenvalue weighted by atomic mass is 10.0. The van der Waals surface area contributed by atoms with Gasteiger partial charge in [0, 0.05) is 5.69 Å². The van der Waals surface area contributed by atoms with E-state index in [0.717, 1.165) is 11.3 Å². The summed E-state index contributed by atoms with van der Waals surface area (Å²) in [5.41, 5.74) is 4.40. The van der Waals surface area contributed by atoms with Crippen LogP contribution in [0.3, 0.4) is 0 Å². The maximum Gasteiger partial charge on any atom is 0.178 e. The average Bonchev–Trinajstić information content (AvgIpc) is 2.47. The first-order valence-corrected chi connectivity index (χ1v) is 8.79. The third kappa shape index (κ3) is 2.56. The second kappa shape index (κ2) is 5.19. The van der Waals surface area contributed by atoms with Crippen molar-refractivity contribution in [2.45, 2.75) is 31.2 Å². The number of sulfone groups is 1. The summed E-state index contributed by atoms with van der Waals surface area (Å²) in [6.07, 6.45) is 0.604. The van der Waals surface area contributed by atoms with Crippen LogP contribution in [0.25, 0.3) is 0 Å². The molecule has 3 nitrogen and oxygen atoms in total. The topological polar surface area (TPSA) is 46.2 Å². The Kier molecular flexibility index (Phi) is 3.49. The molecule has 1 aliphatic rings. The van der Waals surface area contributed by atoms with E-state index in [-0.39, 0.29) is 11.8 Å². The van der Waals surface area contributed by atoms with Gasteiger partial charge in [-0.3, -0.25) is 0 Å². The minimum atomic E-state index is -3.13. The van der Waals surface area contributed by atoms with Crippen molar-refractivity contribution >= 4 is 15.5 Å². The van der Waals surface area contributed by atoms with Gasteiger partial charge in [0.1, 0.15) is 0 Å². The monoisotopic (exact) mass is 301 g/mol. The SMILES string of the molecule is Cc1cccc(NC2CCS(=O)(=O)c3ccccc32)c1C. The van der Waals surface area contributed by atoms with E-state index in [2.05, 4.69) is 25.2 Å². The Morgan fingerprint density at radius 2 is 1.81 bits per heavy atom. The Labute approximate surface area is 125 Å². The molecule has 0 saturated carbocycles. The number of fused-ring (bicyclic) bond motifs is 1. The summed E-state index contributed by atoms with van der Waals surface area (Å²) in [4.78, 5) is 0.471. The van der Waals surface area contributed by atoms with E-state index in [1.807, 2.05) is 24.3 Å². The lowest BCUT2D eigenvalue weighted by molar-refractivity contribution is 0.576. The second-order valence-corrected chi connectivity index (χ2v) is 7.67. The average molecular weight is 301 g/mol. The highest BCUT2D eigenvalue weighted by atomic mass is 32.2. The van der Waals surface area contributed by atoms with Crippen LogP contribution in [0.15, 0.2) is 47.4 Å². The van der Waals surface area contributed by atoms with Crippen LogP contribution in [-0.4, -0.2) is 14.2 Å². The molecule has 0 aliphatic carbocycles. The molecule has 1 atom stereocenters. The molecule has 1 aliphatic heterocycles. The Morgan fingerprint density at radius 3 is 2.62 bits per heavy atom. The number of hydrogen-bond donors (Lipinski definition) is 1. The number of nitrogens with one attached hydrogen (secondary N) is 1. The van der Waals surface area contributed by atoms with Gasteiger partial charge in [-0.1, -0.05) is 30.3 Å². The predicted octanol–water partition coefficient (Wildman–Crippen LogP) is 3.63. The lowest BCUT2D eigenvalue weighted by Gasteiger charge is -2.28. The van der Waals surface area contributed by atoms with Gasteiger partial charge in [-0.15, -0.1) is 0 Å². The first kappa shape index (κ1) is 14.1. The molecule has 1 N–H and O–H groups in total. The zero-order valence-electron chi connectivity index (χ0n) is 12.3. The third-order valence-corrected chi connectivity index (χ3v) is 6.05. The number of anilines is 1. The van der Waals surface area contributed by atoms with Gasteiger partial charge in [-0.05, 0) is 49.1 Å². The molecule has 0 aromatic heterocycles. The van der Waals surface area contributed by atoms with Gasteiger partial charge < -0.3 is 5.32 Å². The molecule has 4 heteroatoms. The van der Waals surface area contributed by atoms with Crippen molar-refractivity contribution in [3.63, 3.8) is 0 Å². The van der Waals surface area contributed by atoms with Crippen molar-refractivity contribution in [3.05, 3.63) is 59.2 Å². The molecule has 1 heterocycles. The van der Waals surface area contributed by atoms with E-state index >= 15 is 0 Å². The predicted molar refractivity (Wildman–Crippen MR) is 85.4 cm³/mol. The van der Waals surface area contributed by atoms with Crippen molar-refractivity contribution in [2.75, 3.05) is 11.1 Å². The van der Waals surface area contributed by atoms with Crippen LogP contribution in [0.1, 0.15) is 29.2 Å². The highest BCUT2D eigenvalue weighted by Gasteiger charge is 2.29. The van der Waals surface area contributed by atoms with Gasteiger partial charge in [0.05, 0.1) is 16.7 Å². The summed E-state index contributed by atoms with van der Waals surface area (Å²) in [6, 6.07) is 13.5. The van der Waals surface area contributed by atoms with E-state index in [0.29, 0.717) is 11.3 Å². The lowest BCUT2D eigenvalue weighted by Crippen LogP contribution is -2.24. The highest BCUT2D eigenvalue weighted by Crippen LogP contribution is 2.35. The molecule has 110 valence electrons. The van der Waals surface area contributed by atoms with Gasteiger partial charge in [-0.25, -0.2) is 8.42 Å². The molecule has 2 aromatic rings. The van der Waals surface area contributed by atoms with E-state index in [1.165, 1.54) is 11.1 Å². The molecule has 2 aromatic carbocycles. The summed E-state index contributed by atoms with van der Waals surface area (Å²) in [7, 11) is -3.13. The van der Waals surface area contributed by atoms with Crippen molar-refractivity contribution in [1.29, 1.82) is 0 Å². The fraction of sp³-hybridized carbons (Fsp3) is 0.294. The number of rotatable bonds is 2. The molecule has 0 fully saturated rings. The summed E-state index contributed by atoms with van der Waals surface area (Å²) >= 11 is 0. The first-order valence-electron chi connectivity index (χ1n) is 7.13. The fourth-order valence-corrected chi connectivity index (χ4v) is 4.46. The zero-order valence-corrected chi connectivity index (χ0v) is 13.1. The Balaban J connectivity index is 2.00. The van der Waals surface area contributed by atoms with Crippen molar-refractivity contribution in [1.82, 2.24) is 0 Å². The first-order chi connectivity index (χ1) is 9.99. The maximum atomic E-state index is 12.2. The zero-order chi connectivity index (χ0) is 15.0. The largest absolute Gasteiger partial charge is 0.378 e. The maximum absolute atomic E-state index is 12.2. The Hall–Kier alpha value is -1.81. The van der Waals surface area contributed by atoms with Gasteiger partial charge in [0.25, 0.3) is 0 Å². The molecular weight excluding hydrogens is 282 g/mol. The fourth-order valence-electron chi connectivity index (χ4n) is 2.84. The van der Waals surface area contributed by atoms with Crippen LogP contribution in [-0.2, 0) is 9.84 Å². The number of benzene rings is 2. The second-order valence-electron chi connectivity index (χ2n) is 5.59. The molecule has 0 saturated heterocycles. The molecular formula is C17H19NO2S. The summed E-state index contributed by atoms with van der Waals surface area (Å²) in [6.45, 7) is 4.17. The molecule has 0 bridgehead atoms. The summed E-state index contributed by atoms with van der Waals surface area (Å²) < 4.78 is 24.3. The van der Waals surface area contributed by atoms with Gasteiger partial charge in [-0.2, -0.15) is 0 Å². The van der Waals surface area contributed by atoms with E-state index < -0.39 is 9.84 Å². The molecule has 0 spiro atoms. The molecule has 1 unspecified atom stereocenters. The number of aryl methyl sites for hydroxylation is 1. The Bertz CT molecular complexity index is 781. The molecule has 3 rings (SSSR count). The molecule has 0 radical (unpaired) electrons. The van der Waals surface area contributed by atoms with Crippen LogP contribution >= 0.6 is 0 Å². The number of hydrogen-bond acceptors (Lipinski definition) is 3. The minimum Gasteiger partial charge on any atom is -0.378 e. The van der Waals surface area contributed by atoms with E-state index in [1.54, 1.807) is 12.1 Å². The molecule has 21 heavy (non-hydrogen) atoms. The van der Waals surface area contributed by atoms with Gasteiger partial charge >= 0.3 is 0 Å².